The van der Waals surface area contributed by atoms with Crippen molar-refractivity contribution in [3.05, 3.63) is 50.7 Å². The number of aliphatic imine (C=N–C) groups is 1. The average Bonchev–Trinajstić information content (AvgIpc) is 2.65. The van der Waals surface area contributed by atoms with E-state index in [4.69, 9.17) is 4.74 Å². The van der Waals surface area contributed by atoms with Gasteiger partial charge in [0.05, 0.1) is 5.56 Å². The van der Waals surface area contributed by atoms with Crippen LogP contribution in [-0.2, 0) is 14.1 Å². The van der Waals surface area contributed by atoms with Gasteiger partial charge < -0.3 is 9.47 Å². The Hall–Kier alpha value is -3.04. The average molecular weight is 427 g/mol. The highest BCUT2D eigenvalue weighted by Crippen LogP contribution is 2.28. The van der Waals surface area contributed by atoms with E-state index in [0.29, 0.717) is 0 Å². The lowest BCUT2D eigenvalue weighted by Crippen LogP contribution is -2.38. The number of rotatable bonds is 5. The molecule has 1 aromatic carbocycles. The molecule has 1 unspecified atom stereocenters. The van der Waals surface area contributed by atoms with Crippen LogP contribution < -0.4 is 20.7 Å². The number of alkyl halides is 3. The SMILES string of the molecule is Cc1c(N=C(Oc2cccc(OC(F)(F)F)c2)C(C)C(C)C)n(C)c(=O)n(C)c1=O. The fourth-order valence-electron chi connectivity index (χ4n) is 2.62. The first-order valence-corrected chi connectivity index (χ1v) is 9.20. The number of nitrogens with zero attached hydrogens (tertiary/aromatic N) is 3. The zero-order valence-electron chi connectivity index (χ0n) is 17.6. The Morgan fingerprint density at radius 3 is 2.23 bits per heavy atom. The molecule has 164 valence electrons. The van der Waals surface area contributed by atoms with Crippen LogP contribution in [0.2, 0.25) is 0 Å². The van der Waals surface area contributed by atoms with Crippen LogP contribution in [0.3, 0.4) is 0 Å². The highest BCUT2D eigenvalue weighted by atomic mass is 19.4. The largest absolute Gasteiger partial charge is 0.573 e. The van der Waals surface area contributed by atoms with Gasteiger partial charge in [-0.2, -0.15) is 4.99 Å². The van der Waals surface area contributed by atoms with E-state index in [1.165, 1.54) is 37.7 Å². The summed E-state index contributed by atoms with van der Waals surface area (Å²) < 4.78 is 49.4. The Kier molecular flexibility index (Phi) is 6.79. The van der Waals surface area contributed by atoms with Crippen LogP contribution in [0.15, 0.2) is 38.8 Å². The second kappa shape index (κ2) is 8.76. The number of halogens is 3. The summed E-state index contributed by atoms with van der Waals surface area (Å²) in [5.74, 6) is -0.296. The molecule has 2 aromatic rings. The van der Waals surface area contributed by atoms with Crippen molar-refractivity contribution < 1.29 is 22.6 Å². The van der Waals surface area contributed by atoms with Gasteiger partial charge in [-0.1, -0.05) is 26.8 Å². The molecule has 0 fully saturated rings. The minimum absolute atomic E-state index is 0.0576. The van der Waals surface area contributed by atoms with E-state index in [9.17, 15) is 22.8 Å². The lowest BCUT2D eigenvalue weighted by molar-refractivity contribution is -0.274. The third kappa shape index (κ3) is 5.31. The van der Waals surface area contributed by atoms with E-state index < -0.39 is 23.4 Å². The van der Waals surface area contributed by atoms with Crippen LogP contribution in [0.5, 0.6) is 11.5 Å². The summed E-state index contributed by atoms with van der Waals surface area (Å²) >= 11 is 0. The van der Waals surface area contributed by atoms with Crippen LogP contribution in [0.25, 0.3) is 0 Å². The van der Waals surface area contributed by atoms with Crippen molar-refractivity contribution in [2.45, 2.75) is 34.1 Å². The minimum Gasteiger partial charge on any atom is -0.442 e. The van der Waals surface area contributed by atoms with Crippen molar-refractivity contribution in [2.75, 3.05) is 0 Å². The van der Waals surface area contributed by atoms with Crippen molar-refractivity contribution in [2.24, 2.45) is 30.9 Å². The summed E-state index contributed by atoms with van der Waals surface area (Å²) in [6, 6.07) is 5.05. The Morgan fingerprint density at radius 2 is 1.67 bits per heavy atom. The fourth-order valence-corrected chi connectivity index (χ4v) is 2.62. The van der Waals surface area contributed by atoms with Crippen LogP contribution in [0.4, 0.5) is 19.0 Å². The van der Waals surface area contributed by atoms with Crippen LogP contribution in [0.1, 0.15) is 26.3 Å². The molecule has 7 nitrogen and oxygen atoms in total. The first kappa shape index (κ1) is 23.2. The quantitative estimate of drug-likeness (QED) is 0.539. The molecular weight excluding hydrogens is 403 g/mol. The first-order chi connectivity index (χ1) is 13.8. The Morgan fingerprint density at radius 1 is 1.07 bits per heavy atom. The van der Waals surface area contributed by atoms with Crippen LogP contribution in [-0.4, -0.2) is 21.4 Å². The summed E-state index contributed by atoms with van der Waals surface area (Å²) in [4.78, 5) is 29.0. The van der Waals surface area contributed by atoms with E-state index in [1.54, 1.807) is 0 Å². The molecule has 0 aliphatic heterocycles. The molecule has 0 N–H and O–H groups in total. The zero-order chi connectivity index (χ0) is 22.8. The topological polar surface area (TPSA) is 74.8 Å². The number of aromatic nitrogens is 2. The monoisotopic (exact) mass is 427 g/mol. The van der Waals surface area contributed by atoms with Gasteiger partial charge in [-0.3, -0.25) is 13.9 Å². The Balaban J connectivity index is 2.56. The lowest BCUT2D eigenvalue weighted by Gasteiger charge is -2.20. The maximum absolute atomic E-state index is 12.5. The standard InChI is InChI=1S/C20H24F3N3O4/c1-11(2)12(3)17(24-16-13(4)18(27)26(6)19(28)25(16)5)29-14-8-7-9-15(10-14)30-20(21,22)23/h7-12H,1-6H3. The zero-order valence-corrected chi connectivity index (χ0v) is 17.6. The van der Waals surface area contributed by atoms with E-state index in [2.05, 4.69) is 9.73 Å². The molecule has 30 heavy (non-hydrogen) atoms. The predicted octanol–water partition coefficient (Wildman–Crippen LogP) is 3.69. The second-order valence-electron chi connectivity index (χ2n) is 7.26. The molecule has 0 bridgehead atoms. The molecule has 0 spiro atoms. The molecule has 0 saturated carbocycles. The third-order valence-electron chi connectivity index (χ3n) is 4.72. The summed E-state index contributed by atoms with van der Waals surface area (Å²) in [6.07, 6.45) is -4.83. The van der Waals surface area contributed by atoms with Gasteiger partial charge >= 0.3 is 12.1 Å². The van der Waals surface area contributed by atoms with Crippen LogP contribution in [0, 0.1) is 18.8 Å². The van der Waals surface area contributed by atoms with Crippen molar-refractivity contribution in [3.8, 4) is 11.5 Å². The third-order valence-corrected chi connectivity index (χ3v) is 4.72. The number of hydrogen-bond donors (Lipinski definition) is 0. The Bertz CT molecular complexity index is 1030. The summed E-state index contributed by atoms with van der Waals surface area (Å²) in [5, 5.41) is 0. The van der Waals surface area contributed by atoms with Gasteiger partial charge in [0.15, 0.2) is 5.90 Å². The van der Waals surface area contributed by atoms with Gasteiger partial charge in [0.1, 0.15) is 17.3 Å². The van der Waals surface area contributed by atoms with Gasteiger partial charge in [0.2, 0.25) is 0 Å². The fraction of sp³-hybridized carbons (Fsp3) is 0.450. The van der Waals surface area contributed by atoms with Crippen molar-refractivity contribution in [1.82, 2.24) is 9.13 Å². The number of benzene rings is 1. The molecule has 2 rings (SSSR count). The summed E-state index contributed by atoms with van der Waals surface area (Å²) in [5.41, 5.74) is -0.804. The number of hydrogen-bond acceptors (Lipinski definition) is 5. The van der Waals surface area contributed by atoms with Crippen molar-refractivity contribution in [3.63, 3.8) is 0 Å². The second-order valence-corrected chi connectivity index (χ2v) is 7.26. The smallest absolute Gasteiger partial charge is 0.442 e. The first-order valence-electron chi connectivity index (χ1n) is 9.20. The van der Waals surface area contributed by atoms with Gasteiger partial charge in [-0.25, -0.2) is 4.79 Å². The molecule has 1 atom stereocenters. The molecule has 0 amide bonds. The molecule has 1 heterocycles. The molecule has 0 saturated heterocycles. The number of ether oxygens (including phenoxy) is 2. The van der Waals surface area contributed by atoms with Gasteiger partial charge in [0, 0.05) is 26.1 Å². The van der Waals surface area contributed by atoms with Gasteiger partial charge in [-0.05, 0) is 25.0 Å². The summed E-state index contributed by atoms with van der Waals surface area (Å²) in [6.45, 7) is 7.20. The normalized spacial score (nSPS) is 13.5. The van der Waals surface area contributed by atoms with Gasteiger partial charge in [0.25, 0.3) is 5.56 Å². The van der Waals surface area contributed by atoms with Crippen molar-refractivity contribution in [1.29, 1.82) is 0 Å². The minimum atomic E-state index is -4.83. The van der Waals surface area contributed by atoms with E-state index >= 15 is 0 Å². The predicted molar refractivity (Wildman–Crippen MR) is 107 cm³/mol. The van der Waals surface area contributed by atoms with E-state index in [0.717, 1.165) is 16.7 Å². The van der Waals surface area contributed by atoms with E-state index in [1.807, 2.05) is 20.8 Å². The molecule has 0 radical (unpaired) electrons. The molecule has 0 aliphatic carbocycles. The summed E-state index contributed by atoms with van der Waals surface area (Å²) in [7, 11) is 2.84. The highest BCUT2D eigenvalue weighted by molar-refractivity contribution is 5.83. The van der Waals surface area contributed by atoms with E-state index in [-0.39, 0.29) is 34.9 Å². The van der Waals surface area contributed by atoms with Gasteiger partial charge in [-0.15, -0.1) is 13.2 Å². The molecule has 0 aliphatic rings. The van der Waals surface area contributed by atoms with Crippen LogP contribution >= 0.6 is 0 Å². The Labute approximate surface area is 171 Å². The molecular formula is C20H24F3N3O4. The highest BCUT2D eigenvalue weighted by Gasteiger charge is 2.31. The maximum atomic E-state index is 12.5. The molecule has 1 aromatic heterocycles. The van der Waals surface area contributed by atoms with Crippen molar-refractivity contribution >= 4 is 11.7 Å². The lowest BCUT2D eigenvalue weighted by atomic mass is 9.98. The maximum Gasteiger partial charge on any atom is 0.573 e. The molecule has 10 heteroatoms.